The number of ether oxygens (including phenoxy) is 1. The summed E-state index contributed by atoms with van der Waals surface area (Å²) in [7, 11) is 0. The maximum Gasteiger partial charge on any atom is 0.224 e. The molecule has 0 saturated carbocycles. The number of carbonyl (C=O) groups is 1. The smallest absolute Gasteiger partial charge is 0.224 e. The van der Waals surface area contributed by atoms with Crippen molar-refractivity contribution in [3.63, 3.8) is 0 Å². The summed E-state index contributed by atoms with van der Waals surface area (Å²) in [6.07, 6.45) is 3.83. The minimum absolute atomic E-state index is 0.252. The number of aryl methyl sites for hydroxylation is 1. The van der Waals surface area contributed by atoms with Crippen LogP contribution < -0.4 is 0 Å². The summed E-state index contributed by atoms with van der Waals surface area (Å²) in [4.78, 5) is 16.6. The van der Waals surface area contributed by atoms with Crippen molar-refractivity contribution in [1.82, 2.24) is 9.80 Å². The Bertz CT molecular complexity index is 494. The fourth-order valence-electron chi connectivity index (χ4n) is 3.39. The first-order valence-corrected chi connectivity index (χ1v) is 8.46. The van der Waals surface area contributed by atoms with E-state index in [4.69, 9.17) is 9.15 Å². The van der Waals surface area contributed by atoms with E-state index < -0.39 is 0 Å². The minimum atomic E-state index is 0.252. The van der Waals surface area contributed by atoms with Crippen LogP contribution in [0.2, 0.25) is 0 Å². The van der Waals surface area contributed by atoms with Crippen LogP contribution in [0.3, 0.4) is 0 Å². The number of nitrogens with zero attached hydrogens (tertiary/aromatic N) is 2. The molecule has 5 heteroatoms. The Morgan fingerprint density at radius 3 is 2.82 bits per heavy atom. The molecule has 0 unspecified atom stereocenters. The van der Waals surface area contributed by atoms with Crippen molar-refractivity contribution < 1.29 is 13.9 Å². The number of hydrogen-bond donors (Lipinski definition) is 0. The molecule has 3 rings (SSSR count). The second-order valence-corrected chi connectivity index (χ2v) is 6.09. The van der Waals surface area contributed by atoms with Crippen molar-refractivity contribution >= 4 is 5.91 Å². The maximum atomic E-state index is 12.3. The molecule has 0 aliphatic carbocycles. The van der Waals surface area contributed by atoms with Gasteiger partial charge in [-0.25, -0.2) is 0 Å². The van der Waals surface area contributed by atoms with Crippen molar-refractivity contribution in [3.8, 4) is 0 Å². The lowest BCUT2D eigenvalue weighted by Gasteiger charge is -2.28. The molecule has 22 heavy (non-hydrogen) atoms. The lowest BCUT2D eigenvalue weighted by atomic mass is 10.1. The van der Waals surface area contributed by atoms with Gasteiger partial charge in [0.25, 0.3) is 0 Å². The van der Waals surface area contributed by atoms with E-state index in [1.54, 1.807) is 0 Å². The third-order valence-electron chi connectivity index (χ3n) is 4.70. The van der Waals surface area contributed by atoms with Crippen LogP contribution in [0, 0.1) is 0 Å². The Morgan fingerprint density at radius 1 is 1.27 bits per heavy atom. The van der Waals surface area contributed by atoms with E-state index in [-0.39, 0.29) is 5.91 Å². The monoisotopic (exact) mass is 306 g/mol. The Balaban J connectivity index is 1.53. The number of likely N-dealkylation sites (tertiary alicyclic amines) is 1. The molecule has 0 spiro atoms. The van der Waals surface area contributed by atoms with Gasteiger partial charge < -0.3 is 14.1 Å². The van der Waals surface area contributed by atoms with Gasteiger partial charge in [-0.2, -0.15) is 0 Å². The largest absolute Gasteiger partial charge is 0.464 e. The van der Waals surface area contributed by atoms with Gasteiger partial charge in [0.05, 0.1) is 19.3 Å². The predicted octanol–water partition coefficient (Wildman–Crippen LogP) is 2.23. The number of carbonyl (C=O) groups excluding carboxylic acids is 1. The average Bonchev–Trinajstić information content (AvgIpc) is 3.21. The summed E-state index contributed by atoms with van der Waals surface area (Å²) in [6.45, 7) is 6.80. The van der Waals surface area contributed by atoms with E-state index in [1.807, 2.05) is 4.90 Å². The third kappa shape index (κ3) is 3.52. The number of morpholine rings is 1. The number of amides is 1. The molecule has 1 amide bonds. The molecule has 2 saturated heterocycles. The van der Waals surface area contributed by atoms with Crippen molar-refractivity contribution in [3.05, 3.63) is 23.7 Å². The topological polar surface area (TPSA) is 45.9 Å². The van der Waals surface area contributed by atoms with Gasteiger partial charge in [0.15, 0.2) is 0 Å². The van der Waals surface area contributed by atoms with Crippen LogP contribution in [0.4, 0.5) is 0 Å². The predicted molar refractivity (Wildman–Crippen MR) is 83.7 cm³/mol. The first-order valence-electron chi connectivity index (χ1n) is 8.46. The molecule has 1 aromatic rings. The zero-order valence-corrected chi connectivity index (χ0v) is 13.4. The van der Waals surface area contributed by atoms with Crippen molar-refractivity contribution in [2.24, 2.45) is 0 Å². The average molecular weight is 306 g/mol. The van der Waals surface area contributed by atoms with E-state index in [1.165, 1.54) is 6.42 Å². The van der Waals surface area contributed by atoms with Crippen LogP contribution in [0.5, 0.6) is 0 Å². The molecule has 1 atom stereocenters. The van der Waals surface area contributed by atoms with Crippen molar-refractivity contribution in [2.75, 3.05) is 39.4 Å². The highest BCUT2D eigenvalue weighted by molar-refractivity contribution is 5.76. The molecule has 0 aromatic carbocycles. The SMILES string of the molecule is CCc1ccc([C@H]2CCCN2CCC(=O)N2CCOCC2)o1. The first-order chi connectivity index (χ1) is 10.8. The standard InChI is InChI=1S/C17H26N2O3/c1-2-14-5-6-16(22-14)15-4-3-8-18(15)9-7-17(20)19-10-12-21-13-11-19/h5-6,15H,2-4,7-13H2,1H3/t15-/m1/s1. The van der Waals surface area contributed by atoms with E-state index in [2.05, 4.69) is 24.0 Å². The maximum absolute atomic E-state index is 12.3. The quantitative estimate of drug-likeness (QED) is 0.837. The highest BCUT2D eigenvalue weighted by atomic mass is 16.5. The summed E-state index contributed by atoms with van der Waals surface area (Å²) in [5, 5.41) is 0. The fraction of sp³-hybridized carbons (Fsp3) is 0.706. The second kappa shape index (κ2) is 7.29. The Hall–Kier alpha value is -1.33. The molecule has 122 valence electrons. The summed E-state index contributed by atoms with van der Waals surface area (Å²) >= 11 is 0. The minimum Gasteiger partial charge on any atom is -0.464 e. The van der Waals surface area contributed by atoms with Gasteiger partial charge in [-0.05, 0) is 31.5 Å². The summed E-state index contributed by atoms with van der Waals surface area (Å²) < 4.78 is 11.2. The molecule has 2 aliphatic heterocycles. The zero-order valence-electron chi connectivity index (χ0n) is 13.4. The third-order valence-corrected chi connectivity index (χ3v) is 4.70. The van der Waals surface area contributed by atoms with Crippen LogP contribution in [0.1, 0.15) is 43.7 Å². The molecule has 0 radical (unpaired) electrons. The molecular formula is C17H26N2O3. The summed E-state index contributed by atoms with van der Waals surface area (Å²) in [5.74, 6) is 2.36. The van der Waals surface area contributed by atoms with Crippen molar-refractivity contribution in [2.45, 2.75) is 38.6 Å². The molecule has 2 aliphatic rings. The van der Waals surface area contributed by atoms with Crippen LogP contribution in [-0.4, -0.2) is 55.1 Å². The Labute approximate surface area is 132 Å². The van der Waals surface area contributed by atoms with Gasteiger partial charge in [0.2, 0.25) is 5.91 Å². The van der Waals surface area contributed by atoms with Crippen LogP contribution in [0.25, 0.3) is 0 Å². The van der Waals surface area contributed by atoms with Gasteiger partial charge >= 0.3 is 0 Å². The highest BCUT2D eigenvalue weighted by Gasteiger charge is 2.29. The molecule has 2 fully saturated rings. The lowest BCUT2D eigenvalue weighted by molar-refractivity contribution is -0.135. The molecule has 1 aromatic heterocycles. The Morgan fingerprint density at radius 2 is 2.09 bits per heavy atom. The van der Waals surface area contributed by atoms with E-state index >= 15 is 0 Å². The van der Waals surface area contributed by atoms with Gasteiger partial charge in [-0.1, -0.05) is 6.92 Å². The number of hydrogen-bond acceptors (Lipinski definition) is 4. The molecular weight excluding hydrogens is 280 g/mol. The molecule has 3 heterocycles. The lowest BCUT2D eigenvalue weighted by Crippen LogP contribution is -2.42. The highest BCUT2D eigenvalue weighted by Crippen LogP contribution is 2.33. The molecule has 0 bridgehead atoms. The summed E-state index contributed by atoms with van der Waals surface area (Å²) in [6, 6.07) is 4.52. The Kier molecular flexibility index (Phi) is 5.16. The van der Waals surface area contributed by atoms with Crippen molar-refractivity contribution in [1.29, 1.82) is 0 Å². The second-order valence-electron chi connectivity index (χ2n) is 6.09. The van der Waals surface area contributed by atoms with Crippen LogP contribution >= 0.6 is 0 Å². The first kappa shape index (κ1) is 15.6. The van der Waals surface area contributed by atoms with Gasteiger partial charge in [0, 0.05) is 32.5 Å². The van der Waals surface area contributed by atoms with Gasteiger partial charge in [-0.15, -0.1) is 0 Å². The van der Waals surface area contributed by atoms with E-state index in [0.717, 1.165) is 50.5 Å². The number of furan rings is 1. The van der Waals surface area contributed by atoms with Gasteiger partial charge in [-0.3, -0.25) is 9.69 Å². The number of rotatable bonds is 5. The van der Waals surface area contributed by atoms with E-state index in [0.29, 0.717) is 25.7 Å². The zero-order chi connectivity index (χ0) is 15.4. The van der Waals surface area contributed by atoms with Crippen LogP contribution in [-0.2, 0) is 16.0 Å². The van der Waals surface area contributed by atoms with Gasteiger partial charge in [0.1, 0.15) is 11.5 Å². The van der Waals surface area contributed by atoms with Crippen LogP contribution in [0.15, 0.2) is 16.5 Å². The normalized spacial score (nSPS) is 23.1. The fourth-order valence-corrected chi connectivity index (χ4v) is 3.39. The molecule has 5 nitrogen and oxygen atoms in total. The molecule has 0 N–H and O–H groups in total. The summed E-state index contributed by atoms with van der Waals surface area (Å²) in [5.41, 5.74) is 0. The van der Waals surface area contributed by atoms with E-state index in [9.17, 15) is 4.79 Å².